The average Bonchev–Trinajstić information content (AvgIpc) is 3.16. The first-order valence-electron chi connectivity index (χ1n) is 8.05. The van der Waals surface area contributed by atoms with E-state index in [1.54, 1.807) is 19.6 Å². The Morgan fingerprint density at radius 3 is 2.32 bits per heavy atom. The van der Waals surface area contributed by atoms with Crippen molar-refractivity contribution in [3.8, 4) is 11.4 Å². The first-order valence-corrected chi connectivity index (χ1v) is 8.05. The van der Waals surface area contributed by atoms with Gasteiger partial charge in [-0.1, -0.05) is 12.1 Å². The molecule has 128 valence electrons. The predicted octanol–water partition coefficient (Wildman–Crippen LogP) is 3.55. The smallest absolute Gasteiger partial charge is 0.251 e. The maximum Gasteiger partial charge on any atom is 0.251 e. The number of carbonyl (C=O) groups excluding carboxylic acids is 1. The van der Waals surface area contributed by atoms with Gasteiger partial charge < -0.3 is 14.6 Å². The molecule has 0 aliphatic carbocycles. The zero-order valence-corrected chi connectivity index (χ0v) is 14.6. The molecular formula is C20H21N3O2. The number of nitrogens with one attached hydrogen (secondary N) is 1. The number of methoxy groups -OCH3 is 1. The second-order valence-electron chi connectivity index (χ2n) is 6.32. The molecule has 0 atom stereocenters. The molecule has 2 aromatic carbocycles. The monoisotopic (exact) mass is 335 g/mol. The maximum absolute atomic E-state index is 12.6. The van der Waals surface area contributed by atoms with Crippen LogP contribution < -0.4 is 10.1 Å². The molecule has 3 aromatic rings. The van der Waals surface area contributed by atoms with Gasteiger partial charge in [-0.15, -0.1) is 0 Å². The Kier molecular flexibility index (Phi) is 4.57. The molecular weight excluding hydrogens is 314 g/mol. The van der Waals surface area contributed by atoms with Crippen LogP contribution in [-0.4, -0.2) is 22.6 Å². The fraction of sp³-hybridized carbons (Fsp3) is 0.200. The van der Waals surface area contributed by atoms with Gasteiger partial charge in [0.2, 0.25) is 0 Å². The Morgan fingerprint density at radius 2 is 1.76 bits per heavy atom. The SMILES string of the molecule is COc1ccc(C(C)(C)NC(=O)c2ccc(-n3ccnc3)cc2)cc1. The van der Waals surface area contributed by atoms with Crippen LogP contribution in [0.3, 0.4) is 0 Å². The summed E-state index contributed by atoms with van der Waals surface area (Å²) in [5, 5.41) is 3.08. The Balaban J connectivity index is 1.74. The largest absolute Gasteiger partial charge is 0.497 e. The van der Waals surface area contributed by atoms with Crippen LogP contribution in [0.1, 0.15) is 29.8 Å². The lowest BCUT2D eigenvalue weighted by atomic mass is 9.93. The minimum atomic E-state index is -0.494. The molecule has 0 saturated heterocycles. The van der Waals surface area contributed by atoms with Crippen LogP contribution in [0.2, 0.25) is 0 Å². The highest BCUT2D eigenvalue weighted by Crippen LogP contribution is 2.23. The number of aromatic nitrogens is 2. The minimum absolute atomic E-state index is 0.113. The topological polar surface area (TPSA) is 56.1 Å². The number of imidazole rings is 1. The molecule has 1 aromatic heterocycles. The predicted molar refractivity (Wildman–Crippen MR) is 97.1 cm³/mol. The summed E-state index contributed by atoms with van der Waals surface area (Å²) in [6, 6.07) is 15.1. The third-order valence-electron chi connectivity index (χ3n) is 4.17. The third kappa shape index (κ3) is 3.71. The van der Waals surface area contributed by atoms with E-state index in [0.29, 0.717) is 5.56 Å². The lowest BCUT2D eigenvalue weighted by molar-refractivity contribution is 0.0912. The number of amides is 1. The molecule has 3 rings (SSSR count). The standard InChI is InChI=1S/C20H21N3O2/c1-20(2,16-6-10-18(25-3)11-7-16)22-19(24)15-4-8-17(9-5-15)23-13-12-21-14-23/h4-14H,1-3H3,(H,22,24). The van der Waals surface area contributed by atoms with Crippen molar-refractivity contribution in [3.05, 3.63) is 78.4 Å². The summed E-state index contributed by atoms with van der Waals surface area (Å²) in [5.41, 5.74) is 2.09. The molecule has 0 radical (unpaired) electrons. The van der Waals surface area contributed by atoms with E-state index >= 15 is 0 Å². The third-order valence-corrected chi connectivity index (χ3v) is 4.17. The van der Waals surface area contributed by atoms with Crippen LogP contribution >= 0.6 is 0 Å². The molecule has 0 aliphatic rings. The van der Waals surface area contributed by atoms with Crippen molar-refractivity contribution in [2.45, 2.75) is 19.4 Å². The number of rotatable bonds is 5. The molecule has 1 N–H and O–H groups in total. The van der Waals surface area contributed by atoms with E-state index in [1.807, 2.05) is 73.1 Å². The van der Waals surface area contributed by atoms with E-state index < -0.39 is 5.54 Å². The minimum Gasteiger partial charge on any atom is -0.497 e. The van der Waals surface area contributed by atoms with Gasteiger partial charge in [-0.2, -0.15) is 0 Å². The van der Waals surface area contributed by atoms with Crippen LogP contribution in [0.25, 0.3) is 5.69 Å². The number of carbonyl (C=O) groups is 1. The fourth-order valence-corrected chi connectivity index (χ4v) is 2.63. The first-order chi connectivity index (χ1) is 12.0. The molecule has 25 heavy (non-hydrogen) atoms. The van der Waals surface area contributed by atoms with E-state index in [4.69, 9.17) is 4.74 Å². The lowest BCUT2D eigenvalue weighted by Gasteiger charge is -2.27. The summed E-state index contributed by atoms with van der Waals surface area (Å²) in [6.45, 7) is 3.96. The van der Waals surface area contributed by atoms with Gasteiger partial charge in [0, 0.05) is 23.6 Å². The molecule has 1 heterocycles. The van der Waals surface area contributed by atoms with E-state index in [-0.39, 0.29) is 5.91 Å². The van der Waals surface area contributed by atoms with Gasteiger partial charge in [0.15, 0.2) is 0 Å². The molecule has 1 amide bonds. The number of nitrogens with zero attached hydrogens (tertiary/aromatic N) is 2. The van der Waals surface area contributed by atoms with Crippen molar-refractivity contribution < 1.29 is 9.53 Å². The first kappa shape index (κ1) is 16.8. The van der Waals surface area contributed by atoms with Gasteiger partial charge in [-0.25, -0.2) is 4.98 Å². The number of benzene rings is 2. The van der Waals surface area contributed by atoms with Crippen molar-refractivity contribution in [1.29, 1.82) is 0 Å². The Hall–Kier alpha value is -3.08. The van der Waals surface area contributed by atoms with Crippen LogP contribution in [0.4, 0.5) is 0 Å². The van der Waals surface area contributed by atoms with Gasteiger partial charge in [0.25, 0.3) is 5.91 Å². The molecule has 0 unspecified atom stereocenters. The van der Waals surface area contributed by atoms with Crippen LogP contribution in [0, 0.1) is 0 Å². The maximum atomic E-state index is 12.6. The van der Waals surface area contributed by atoms with Crippen molar-refractivity contribution >= 4 is 5.91 Å². The summed E-state index contributed by atoms with van der Waals surface area (Å²) >= 11 is 0. The zero-order chi connectivity index (χ0) is 17.9. The van der Waals surface area contributed by atoms with Crippen molar-refractivity contribution in [1.82, 2.24) is 14.9 Å². The normalized spacial score (nSPS) is 11.2. The molecule has 5 nitrogen and oxygen atoms in total. The highest BCUT2D eigenvalue weighted by Gasteiger charge is 2.23. The summed E-state index contributed by atoms with van der Waals surface area (Å²) in [6.07, 6.45) is 5.31. The van der Waals surface area contributed by atoms with Crippen molar-refractivity contribution in [2.24, 2.45) is 0 Å². The second kappa shape index (κ2) is 6.81. The molecule has 0 spiro atoms. The van der Waals surface area contributed by atoms with Crippen LogP contribution in [0.15, 0.2) is 67.3 Å². The molecule has 0 saturated carbocycles. The van der Waals surface area contributed by atoms with Crippen molar-refractivity contribution in [2.75, 3.05) is 7.11 Å². The van der Waals surface area contributed by atoms with Crippen molar-refractivity contribution in [3.63, 3.8) is 0 Å². The van der Waals surface area contributed by atoms with Gasteiger partial charge in [-0.3, -0.25) is 4.79 Å². The Labute approximate surface area is 147 Å². The molecule has 0 bridgehead atoms. The lowest BCUT2D eigenvalue weighted by Crippen LogP contribution is -2.40. The zero-order valence-electron chi connectivity index (χ0n) is 14.6. The molecule has 5 heteroatoms. The van der Waals surface area contributed by atoms with Gasteiger partial charge >= 0.3 is 0 Å². The summed E-state index contributed by atoms with van der Waals surface area (Å²) < 4.78 is 7.07. The van der Waals surface area contributed by atoms with Crippen LogP contribution in [0.5, 0.6) is 5.75 Å². The summed E-state index contributed by atoms with van der Waals surface area (Å²) in [5.74, 6) is 0.680. The van der Waals surface area contributed by atoms with E-state index in [0.717, 1.165) is 17.0 Å². The quantitative estimate of drug-likeness (QED) is 0.776. The Morgan fingerprint density at radius 1 is 1.08 bits per heavy atom. The highest BCUT2D eigenvalue weighted by molar-refractivity contribution is 5.94. The molecule has 0 aliphatic heterocycles. The average molecular weight is 335 g/mol. The fourth-order valence-electron chi connectivity index (χ4n) is 2.63. The number of hydrogen-bond donors (Lipinski definition) is 1. The summed E-state index contributed by atoms with van der Waals surface area (Å²) in [7, 11) is 1.63. The van der Waals surface area contributed by atoms with Crippen LogP contribution in [-0.2, 0) is 5.54 Å². The summed E-state index contributed by atoms with van der Waals surface area (Å²) in [4.78, 5) is 16.6. The number of hydrogen-bond acceptors (Lipinski definition) is 3. The van der Waals surface area contributed by atoms with Gasteiger partial charge in [0.1, 0.15) is 5.75 Å². The van der Waals surface area contributed by atoms with E-state index in [1.165, 1.54) is 0 Å². The van der Waals surface area contributed by atoms with E-state index in [2.05, 4.69) is 10.3 Å². The molecule has 0 fully saturated rings. The van der Waals surface area contributed by atoms with Gasteiger partial charge in [0.05, 0.1) is 19.0 Å². The van der Waals surface area contributed by atoms with E-state index in [9.17, 15) is 4.79 Å². The number of ether oxygens (including phenoxy) is 1. The Bertz CT molecular complexity index is 836. The van der Waals surface area contributed by atoms with Gasteiger partial charge in [-0.05, 0) is 55.8 Å². The highest BCUT2D eigenvalue weighted by atomic mass is 16.5. The second-order valence-corrected chi connectivity index (χ2v) is 6.32.